The van der Waals surface area contributed by atoms with Gasteiger partial charge in [-0.15, -0.1) is 5.10 Å². The molecule has 3 nitrogen and oxygen atoms in total. The summed E-state index contributed by atoms with van der Waals surface area (Å²) in [6, 6.07) is 0. The van der Waals surface area contributed by atoms with E-state index in [9.17, 15) is 0 Å². The van der Waals surface area contributed by atoms with Gasteiger partial charge in [-0.2, -0.15) is 0 Å². The Bertz CT molecular complexity index is 489. The number of rotatable bonds is 4. The van der Waals surface area contributed by atoms with Gasteiger partial charge in [-0.25, -0.2) is 4.39 Å². The van der Waals surface area contributed by atoms with E-state index in [1.807, 2.05) is 39.5 Å². The predicted octanol–water partition coefficient (Wildman–Crippen LogP) is 3.78. The van der Waals surface area contributed by atoms with Gasteiger partial charge in [0.1, 0.15) is 20.3 Å². The van der Waals surface area contributed by atoms with E-state index in [0.717, 1.165) is 31.4 Å². The normalized spacial score (nSPS) is 24.7. The first-order valence-corrected chi connectivity index (χ1v) is 8.11. The molecule has 2 radical (unpaired) electrons. The van der Waals surface area contributed by atoms with Crippen molar-refractivity contribution in [3.8, 4) is 0 Å². The van der Waals surface area contributed by atoms with Crippen LogP contribution in [0.15, 0.2) is 0 Å². The van der Waals surface area contributed by atoms with Gasteiger partial charge < -0.3 is 0 Å². The Balaban J connectivity index is 2.55. The summed E-state index contributed by atoms with van der Waals surface area (Å²) in [5.41, 5.74) is 0.125. The number of hydrogen-bond acceptors (Lipinski definition) is 2. The van der Waals surface area contributed by atoms with Gasteiger partial charge in [0.25, 0.3) is 0 Å². The smallest absolute Gasteiger partial charge is 0.154 e. The van der Waals surface area contributed by atoms with Crippen molar-refractivity contribution < 1.29 is 4.39 Å². The van der Waals surface area contributed by atoms with Crippen LogP contribution in [0.2, 0.25) is 19.0 Å². The van der Waals surface area contributed by atoms with Crippen LogP contribution < -0.4 is 0 Å². The number of halogens is 1. The zero-order chi connectivity index (χ0) is 15.7. The van der Waals surface area contributed by atoms with Crippen LogP contribution in [0.5, 0.6) is 0 Å². The predicted molar refractivity (Wildman–Crippen MR) is 87.0 cm³/mol. The highest BCUT2D eigenvalue weighted by Crippen LogP contribution is 2.52. The zero-order valence-corrected chi connectivity index (χ0v) is 14.0. The summed E-state index contributed by atoms with van der Waals surface area (Å²) in [7, 11) is 4.04. The lowest BCUT2D eigenvalue weighted by molar-refractivity contribution is 0.0843. The maximum Gasteiger partial charge on any atom is 0.154 e. The molecule has 114 valence electrons. The molecule has 1 aromatic heterocycles. The first kappa shape index (κ1) is 16.6. The molecule has 21 heavy (non-hydrogen) atoms. The average Bonchev–Trinajstić information content (AvgIpc) is 2.87. The van der Waals surface area contributed by atoms with E-state index in [2.05, 4.69) is 24.5 Å². The van der Waals surface area contributed by atoms with E-state index in [4.69, 9.17) is 0 Å². The minimum absolute atomic E-state index is 0.152. The van der Waals surface area contributed by atoms with Crippen molar-refractivity contribution in [1.29, 1.82) is 0 Å². The van der Waals surface area contributed by atoms with Crippen molar-refractivity contribution in [3.05, 3.63) is 11.4 Å². The quantitative estimate of drug-likeness (QED) is 0.790. The van der Waals surface area contributed by atoms with Crippen LogP contribution in [0.25, 0.3) is 0 Å². The molecule has 0 saturated heterocycles. The topological polar surface area (TPSA) is 30.7 Å². The van der Waals surface area contributed by atoms with Crippen molar-refractivity contribution in [2.24, 2.45) is 0 Å². The molecule has 1 aliphatic rings. The Morgan fingerprint density at radius 2 is 2.00 bits per heavy atom. The Labute approximate surface area is 129 Å². The third-order valence-electron chi connectivity index (χ3n) is 5.21. The summed E-state index contributed by atoms with van der Waals surface area (Å²) >= 11 is 0. The summed E-state index contributed by atoms with van der Waals surface area (Å²) in [5, 5.41) is 8.03. The molecule has 0 spiro atoms. The third kappa shape index (κ3) is 2.78. The number of fused-ring (bicyclic) bond motifs is 1. The van der Waals surface area contributed by atoms with Gasteiger partial charge in [0, 0.05) is 5.94 Å². The van der Waals surface area contributed by atoms with E-state index in [0.29, 0.717) is 12.1 Å². The monoisotopic (exact) mass is 289 g/mol. The van der Waals surface area contributed by atoms with Crippen molar-refractivity contribution in [2.45, 2.75) is 83.4 Å². The molecule has 0 amide bonds. The van der Waals surface area contributed by atoms with Crippen molar-refractivity contribution in [1.82, 2.24) is 15.0 Å². The Morgan fingerprint density at radius 3 is 2.62 bits per heavy atom. The second-order valence-electron chi connectivity index (χ2n) is 6.78. The fourth-order valence-corrected chi connectivity index (χ4v) is 3.13. The molecule has 6 heteroatoms. The molecule has 1 aromatic rings. The number of aromatic nitrogens is 3. The van der Waals surface area contributed by atoms with Gasteiger partial charge >= 0.3 is 0 Å². The Hall–Kier alpha value is -0.800. The number of alkyl halides is 1. The van der Waals surface area contributed by atoms with Crippen LogP contribution in [-0.2, 0) is 12.1 Å². The molecule has 2 unspecified atom stereocenters. The molecule has 2 atom stereocenters. The lowest BCUT2D eigenvalue weighted by Gasteiger charge is -2.40. The zero-order valence-electron chi connectivity index (χ0n) is 14.0. The van der Waals surface area contributed by atoms with Gasteiger partial charge in [-0.1, -0.05) is 46.1 Å². The minimum Gasteiger partial charge on any atom is -0.255 e. The minimum atomic E-state index is -1.43. The van der Waals surface area contributed by atoms with Crippen LogP contribution in [0.3, 0.4) is 0 Å². The van der Waals surface area contributed by atoms with Crippen LogP contribution in [0.1, 0.15) is 63.8 Å². The van der Waals surface area contributed by atoms with Gasteiger partial charge in [-0.3, -0.25) is 4.68 Å². The van der Waals surface area contributed by atoms with E-state index in [1.54, 1.807) is 0 Å². The third-order valence-corrected chi connectivity index (χ3v) is 5.21. The van der Waals surface area contributed by atoms with Crippen LogP contribution in [0.4, 0.5) is 4.39 Å². The highest BCUT2D eigenvalue weighted by atomic mass is 19.1. The summed E-state index contributed by atoms with van der Waals surface area (Å²) in [4.78, 5) is 0. The van der Waals surface area contributed by atoms with Crippen molar-refractivity contribution in [2.75, 3.05) is 0 Å². The largest absolute Gasteiger partial charge is 0.255 e. The maximum absolute atomic E-state index is 16.0. The van der Waals surface area contributed by atoms with E-state index in [-0.39, 0.29) is 5.94 Å². The van der Waals surface area contributed by atoms with Gasteiger partial charge in [0.15, 0.2) is 5.67 Å². The average molecular weight is 289 g/mol. The molecule has 0 saturated carbocycles. The molecular weight excluding hydrogens is 263 g/mol. The van der Waals surface area contributed by atoms with Crippen LogP contribution in [0, 0.1) is 0 Å². The van der Waals surface area contributed by atoms with Crippen LogP contribution in [-0.4, -0.2) is 29.6 Å². The molecule has 1 heterocycles. The first-order valence-electron chi connectivity index (χ1n) is 8.11. The summed E-state index contributed by atoms with van der Waals surface area (Å²) in [5.74, 6) is 0.152. The first-order chi connectivity index (χ1) is 9.87. The molecule has 0 fully saturated rings. The molecule has 1 aliphatic carbocycles. The highest BCUT2D eigenvalue weighted by Gasteiger charge is 2.49. The summed E-state index contributed by atoms with van der Waals surface area (Å²) in [6.45, 7) is 9.95. The van der Waals surface area contributed by atoms with E-state index < -0.39 is 11.0 Å². The molecule has 0 aromatic carbocycles. The lowest BCUT2D eigenvalue weighted by Crippen LogP contribution is -2.38. The van der Waals surface area contributed by atoms with E-state index in [1.165, 1.54) is 0 Å². The van der Waals surface area contributed by atoms with Gasteiger partial charge in [0.2, 0.25) is 0 Å². The molecule has 0 N–H and O–H groups in total. The second-order valence-corrected chi connectivity index (χ2v) is 6.78. The summed E-state index contributed by atoms with van der Waals surface area (Å²) in [6.07, 6.45) is 4.46. The maximum atomic E-state index is 16.0. The standard InChI is InChI=1S/C15H26B2FN3/c1-11(16-4)21-12-9-7-6-8-10-15(18,13(12)19-20-21)14(2,3)17-5/h11H,6-10H2,1-5H3. The fourth-order valence-electron chi connectivity index (χ4n) is 3.13. The Morgan fingerprint density at radius 1 is 1.29 bits per heavy atom. The lowest BCUT2D eigenvalue weighted by atomic mass is 9.47. The Kier molecular flexibility index (Phi) is 4.84. The van der Waals surface area contributed by atoms with Crippen molar-refractivity contribution >= 4 is 14.6 Å². The summed E-state index contributed by atoms with van der Waals surface area (Å²) < 4.78 is 17.9. The highest BCUT2D eigenvalue weighted by molar-refractivity contribution is 6.38. The SMILES string of the molecule is C[B]C(C)n1nnc2c1CCCCCC2(F)C(C)(C)[B]C. The molecule has 0 aliphatic heterocycles. The van der Waals surface area contributed by atoms with Crippen molar-refractivity contribution in [3.63, 3.8) is 0 Å². The van der Waals surface area contributed by atoms with Gasteiger partial charge in [-0.05, 0) is 31.0 Å². The molecule has 0 bridgehead atoms. The fraction of sp³-hybridized carbons (Fsp3) is 0.867. The molecule has 2 rings (SSSR count). The van der Waals surface area contributed by atoms with E-state index >= 15 is 4.39 Å². The molecular formula is C15H26B2FN3. The van der Waals surface area contributed by atoms with Gasteiger partial charge in [0.05, 0.1) is 5.69 Å². The second kappa shape index (κ2) is 6.13. The number of hydrogen-bond donors (Lipinski definition) is 0. The number of nitrogens with zero attached hydrogens (tertiary/aromatic N) is 3. The van der Waals surface area contributed by atoms with Crippen LogP contribution >= 0.6 is 0 Å².